The van der Waals surface area contributed by atoms with Crippen molar-refractivity contribution in [2.24, 2.45) is 0 Å². The summed E-state index contributed by atoms with van der Waals surface area (Å²) in [6.07, 6.45) is 0.545. The number of carboxylic acids is 1. The monoisotopic (exact) mass is 329 g/mol. The second-order valence-electron chi connectivity index (χ2n) is 5.26. The lowest BCUT2D eigenvalue weighted by Crippen LogP contribution is -2.43. The van der Waals surface area contributed by atoms with Crippen molar-refractivity contribution in [3.8, 4) is 5.75 Å². The molecule has 0 bridgehead atoms. The maximum Gasteiger partial charge on any atom is 0.305 e. The van der Waals surface area contributed by atoms with Gasteiger partial charge in [-0.15, -0.1) is 0 Å². The van der Waals surface area contributed by atoms with Gasteiger partial charge in [-0.3, -0.25) is 9.59 Å². The molecule has 1 heterocycles. The zero-order valence-corrected chi connectivity index (χ0v) is 12.8. The fourth-order valence-electron chi connectivity index (χ4n) is 2.58. The summed E-state index contributed by atoms with van der Waals surface area (Å²) in [6.45, 7) is 2.08. The van der Waals surface area contributed by atoms with Gasteiger partial charge in [-0.05, 0) is 38.0 Å². The molecule has 0 spiro atoms. The Kier molecular flexibility index (Phi) is 5.24. The third kappa shape index (κ3) is 3.88. The van der Waals surface area contributed by atoms with E-state index in [-0.39, 0.29) is 29.1 Å². The van der Waals surface area contributed by atoms with E-state index in [2.05, 4.69) is 0 Å². The highest BCUT2D eigenvalue weighted by Gasteiger charge is 2.33. The summed E-state index contributed by atoms with van der Waals surface area (Å²) in [5.41, 5.74) is 0. The van der Waals surface area contributed by atoms with Crippen molar-refractivity contribution >= 4 is 23.5 Å². The van der Waals surface area contributed by atoms with E-state index in [0.717, 1.165) is 12.5 Å². The average Bonchev–Trinajstić information content (AvgIpc) is 2.88. The van der Waals surface area contributed by atoms with Crippen LogP contribution < -0.4 is 4.74 Å². The third-order valence-electron chi connectivity index (χ3n) is 3.62. The van der Waals surface area contributed by atoms with Gasteiger partial charge in [0.05, 0.1) is 11.4 Å². The molecule has 1 amide bonds. The first-order chi connectivity index (χ1) is 10.4. The van der Waals surface area contributed by atoms with Crippen molar-refractivity contribution in [3.63, 3.8) is 0 Å². The number of likely N-dealkylation sites (tertiary alicyclic amines) is 1. The number of ether oxygens (including phenoxy) is 1. The van der Waals surface area contributed by atoms with E-state index in [9.17, 15) is 14.0 Å². The van der Waals surface area contributed by atoms with E-state index in [1.165, 1.54) is 17.0 Å². The summed E-state index contributed by atoms with van der Waals surface area (Å²) < 4.78 is 18.5. The molecular weight excluding hydrogens is 313 g/mol. The number of amides is 1. The highest BCUT2D eigenvalue weighted by atomic mass is 35.5. The Balaban J connectivity index is 2.03. The molecule has 1 aliphatic heterocycles. The van der Waals surface area contributed by atoms with Crippen molar-refractivity contribution in [2.75, 3.05) is 6.54 Å². The topological polar surface area (TPSA) is 66.8 Å². The van der Waals surface area contributed by atoms with Gasteiger partial charge >= 0.3 is 5.97 Å². The van der Waals surface area contributed by atoms with Crippen LogP contribution in [0.2, 0.25) is 5.02 Å². The first-order valence-corrected chi connectivity index (χ1v) is 7.40. The molecule has 5 nitrogen and oxygen atoms in total. The van der Waals surface area contributed by atoms with Gasteiger partial charge in [0.25, 0.3) is 5.91 Å². The molecule has 1 saturated heterocycles. The molecule has 2 atom stereocenters. The van der Waals surface area contributed by atoms with Gasteiger partial charge in [0.2, 0.25) is 0 Å². The van der Waals surface area contributed by atoms with Crippen LogP contribution in [-0.4, -0.2) is 40.6 Å². The minimum atomic E-state index is -0.931. The number of hydrogen-bond acceptors (Lipinski definition) is 3. The summed E-state index contributed by atoms with van der Waals surface area (Å²) in [4.78, 5) is 24.8. The quantitative estimate of drug-likeness (QED) is 0.902. The Morgan fingerprint density at radius 2 is 2.27 bits per heavy atom. The standard InChI is InChI=1S/C15H17ClFNO4/c1-9(22-13-5-4-10(17)7-12(13)16)15(21)18-6-2-3-11(18)8-14(19)20/h4-5,7,9,11H,2-3,6,8H2,1H3,(H,19,20). The molecule has 2 rings (SSSR count). The smallest absolute Gasteiger partial charge is 0.305 e. The van der Waals surface area contributed by atoms with Crippen molar-refractivity contribution in [2.45, 2.75) is 38.3 Å². The third-order valence-corrected chi connectivity index (χ3v) is 3.91. The van der Waals surface area contributed by atoms with Crippen LogP contribution in [0.1, 0.15) is 26.2 Å². The molecule has 0 saturated carbocycles. The second-order valence-corrected chi connectivity index (χ2v) is 5.67. The summed E-state index contributed by atoms with van der Waals surface area (Å²) in [6, 6.07) is 3.36. The SMILES string of the molecule is CC(Oc1ccc(F)cc1Cl)C(=O)N1CCCC1CC(=O)O. The molecule has 1 aliphatic rings. The summed E-state index contributed by atoms with van der Waals surface area (Å²) in [7, 11) is 0. The van der Waals surface area contributed by atoms with Gasteiger partial charge in [0.1, 0.15) is 11.6 Å². The van der Waals surface area contributed by atoms with E-state index in [4.69, 9.17) is 21.4 Å². The molecule has 2 unspecified atom stereocenters. The molecule has 7 heteroatoms. The lowest BCUT2D eigenvalue weighted by molar-refractivity contribution is -0.142. The first-order valence-electron chi connectivity index (χ1n) is 7.02. The molecule has 120 valence electrons. The van der Waals surface area contributed by atoms with Crippen LogP contribution in [0, 0.1) is 5.82 Å². The van der Waals surface area contributed by atoms with Gasteiger partial charge < -0.3 is 14.7 Å². The number of carbonyl (C=O) groups is 2. The number of aliphatic carboxylic acids is 1. The number of hydrogen-bond donors (Lipinski definition) is 1. The molecular formula is C15H17ClFNO4. The molecule has 1 aromatic rings. The van der Waals surface area contributed by atoms with E-state index in [1.54, 1.807) is 6.92 Å². The van der Waals surface area contributed by atoms with Crippen LogP contribution >= 0.6 is 11.6 Å². The molecule has 0 aliphatic carbocycles. The van der Waals surface area contributed by atoms with Crippen LogP contribution in [0.4, 0.5) is 4.39 Å². The molecule has 22 heavy (non-hydrogen) atoms. The first kappa shape index (κ1) is 16.5. The van der Waals surface area contributed by atoms with Crippen LogP contribution in [0.15, 0.2) is 18.2 Å². The minimum Gasteiger partial charge on any atom is -0.481 e. The van der Waals surface area contributed by atoms with Gasteiger partial charge in [0, 0.05) is 12.6 Å². The fraction of sp³-hybridized carbons (Fsp3) is 0.467. The second kappa shape index (κ2) is 6.96. The van der Waals surface area contributed by atoms with Crippen molar-refractivity contribution < 1.29 is 23.8 Å². The largest absolute Gasteiger partial charge is 0.481 e. The number of halogens is 2. The number of nitrogens with zero attached hydrogens (tertiary/aromatic N) is 1. The van der Waals surface area contributed by atoms with E-state index in [1.807, 2.05) is 0 Å². The van der Waals surface area contributed by atoms with Gasteiger partial charge in [-0.2, -0.15) is 0 Å². The predicted molar refractivity (Wildman–Crippen MR) is 78.5 cm³/mol. The Labute approximate surface area is 132 Å². The van der Waals surface area contributed by atoms with E-state index >= 15 is 0 Å². The van der Waals surface area contributed by atoms with Crippen molar-refractivity contribution in [1.29, 1.82) is 0 Å². The van der Waals surface area contributed by atoms with E-state index in [0.29, 0.717) is 13.0 Å². The Bertz CT molecular complexity index is 581. The number of rotatable bonds is 5. The van der Waals surface area contributed by atoms with Crippen LogP contribution in [0.5, 0.6) is 5.75 Å². The average molecular weight is 330 g/mol. The summed E-state index contributed by atoms with van der Waals surface area (Å²) >= 11 is 5.87. The molecule has 1 N–H and O–H groups in total. The zero-order chi connectivity index (χ0) is 16.3. The van der Waals surface area contributed by atoms with Gasteiger partial charge in [-0.1, -0.05) is 11.6 Å². The van der Waals surface area contributed by atoms with Crippen LogP contribution in [0.3, 0.4) is 0 Å². The maximum absolute atomic E-state index is 13.0. The Morgan fingerprint density at radius 3 is 2.91 bits per heavy atom. The highest BCUT2D eigenvalue weighted by molar-refractivity contribution is 6.32. The normalized spacial score (nSPS) is 19.0. The van der Waals surface area contributed by atoms with Crippen LogP contribution in [-0.2, 0) is 9.59 Å². The zero-order valence-electron chi connectivity index (χ0n) is 12.1. The van der Waals surface area contributed by atoms with Gasteiger partial charge in [0.15, 0.2) is 6.10 Å². The van der Waals surface area contributed by atoms with Crippen molar-refractivity contribution in [1.82, 2.24) is 4.90 Å². The van der Waals surface area contributed by atoms with Crippen molar-refractivity contribution in [3.05, 3.63) is 29.0 Å². The minimum absolute atomic E-state index is 0.0736. The maximum atomic E-state index is 13.0. The van der Waals surface area contributed by atoms with E-state index < -0.39 is 17.9 Å². The predicted octanol–water partition coefficient (Wildman–Crippen LogP) is 2.71. The fourth-order valence-corrected chi connectivity index (χ4v) is 2.80. The van der Waals surface area contributed by atoms with Crippen LogP contribution in [0.25, 0.3) is 0 Å². The number of carboxylic acid groups (broad SMARTS) is 1. The number of carbonyl (C=O) groups excluding carboxylic acids is 1. The Hall–Kier alpha value is -1.82. The molecule has 0 radical (unpaired) electrons. The highest BCUT2D eigenvalue weighted by Crippen LogP contribution is 2.27. The molecule has 0 aromatic heterocycles. The molecule has 1 aromatic carbocycles. The van der Waals surface area contributed by atoms with Gasteiger partial charge in [-0.25, -0.2) is 4.39 Å². The molecule has 1 fully saturated rings. The lowest BCUT2D eigenvalue weighted by atomic mass is 10.1. The summed E-state index contributed by atoms with van der Waals surface area (Å²) in [5, 5.41) is 8.97. The summed E-state index contributed by atoms with van der Waals surface area (Å²) in [5.74, 6) is -1.49. The Morgan fingerprint density at radius 1 is 1.55 bits per heavy atom. The number of benzene rings is 1. The lowest BCUT2D eigenvalue weighted by Gasteiger charge is -2.27.